The third-order valence-electron chi connectivity index (χ3n) is 6.97. The molecule has 1 aliphatic heterocycles. The maximum atomic E-state index is 13.0. The number of aromatic hydroxyl groups is 1. The Morgan fingerprint density at radius 1 is 1.00 bits per heavy atom. The molecule has 0 saturated heterocycles. The Labute approximate surface area is 175 Å². The molecule has 0 atom stereocenters. The molecule has 4 nitrogen and oxygen atoms in total. The van der Waals surface area contributed by atoms with E-state index in [0.717, 1.165) is 18.4 Å². The highest BCUT2D eigenvalue weighted by Crippen LogP contribution is 2.53. The average molecular weight is 397 g/mol. The zero-order valence-corrected chi connectivity index (χ0v) is 16.7. The zero-order chi connectivity index (χ0) is 20.3. The van der Waals surface area contributed by atoms with Gasteiger partial charge in [0.15, 0.2) is 0 Å². The maximum Gasteiger partial charge on any atom is 0.410 e. The standard InChI is InChI=1S/C26H23NO3/c28-18-10-9-17-14-27(16-26(11-12-26)24(17)13-18)25(29)30-15-23-21-7-3-1-5-19(21)20-6-2-4-8-22(20)23/h1-10,13,23,28H,11-12,14-16H2. The van der Waals surface area contributed by atoms with Gasteiger partial charge in [-0.1, -0.05) is 54.6 Å². The minimum Gasteiger partial charge on any atom is -0.508 e. The summed E-state index contributed by atoms with van der Waals surface area (Å²) >= 11 is 0. The lowest BCUT2D eigenvalue weighted by atomic mass is 9.87. The Hall–Kier alpha value is -3.27. The van der Waals surface area contributed by atoms with Crippen molar-refractivity contribution in [3.05, 3.63) is 89.0 Å². The van der Waals surface area contributed by atoms with Gasteiger partial charge in [0, 0.05) is 24.4 Å². The summed E-state index contributed by atoms with van der Waals surface area (Å²) in [6.07, 6.45) is 1.86. The van der Waals surface area contributed by atoms with E-state index in [1.165, 1.54) is 27.8 Å². The van der Waals surface area contributed by atoms with Gasteiger partial charge >= 0.3 is 6.09 Å². The van der Waals surface area contributed by atoms with Crippen molar-refractivity contribution in [2.75, 3.05) is 13.2 Å². The number of fused-ring (bicyclic) bond motifs is 5. The van der Waals surface area contributed by atoms with Crippen molar-refractivity contribution in [1.82, 2.24) is 4.90 Å². The number of hydrogen-bond acceptors (Lipinski definition) is 3. The van der Waals surface area contributed by atoms with Crippen molar-refractivity contribution < 1.29 is 14.6 Å². The van der Waals surface area contributed by atoms with Crippen LogP contribution < -0.4 is 0 Å². The molecule has 0 aromatic heterocycles. The van der Waals surface area contributed by atoms with E-state index in [1.807, 2.05) is 29.2 Å². The summed E-state index contributed by atoms with van der Waals surface area (Å²) < 4.78 is 5.88. The Morgan fingerprint density at radius 2 is 1.67 bits per heavy atom. The van der Waals surface area contributed by atoms with Crippen molar-refractivity contribution in [3.8, 4) is 16.9 Å². The van der Waals surface area contributed by atoms with Gasteiger partial charge in [0.1, 0.15) is 12.4 Å². The van der Waals surface area contributed by atoms with Crippen LogP contribution in [0.15, 0.2) is 66.7 Å². The minimum absolute atomic E-state index is 0.00208. The highest BCUT2D eigenvalue weighted by Gasteiger charge is 2.50. The third kappa shape index (κ3) is 2.63. The SMILES string of the molecule is O=C(OCC1c2ccccc2-c2ccccc21)N1Cc2ccc(O)cc2C2(CC2)C1. The number of ether oxygens (including phenoxy) is 1. The predicted octanol–water partition coefficient (Wildman–Crippen LogP) is 5.19. The number of rotatable bonds is 2. The number of hydrogen-bond donors (Lipinski definition) is 1. The van der Waals surface area contributed by atoms with Gasteiger partial charge in [-0.25, -0.2) is 4.79 Å². The summed E-state index contributed by atoms with van der Waals surface area (Å²) in [4.78, 5) is 14.9. The largest absolute Gasteiger partial charge is 0.508 e. The fourth-order valence-corrected chi connectivity index (χ4v) is 5.30. The third-order valence-corrected chi connectivity index (χ3v) is 6.97. The second kappa shape index (κ2) is 6.36. The van der Waals surface area contributed by atoms with Crippen molar-refractivity contribution in [3.63, 3.8) is 0 Å². The molecule has 1 amide bonds. The van der Waals surface area contributed by atoms with Gasteiger partial charge < -0.3 is 14.7 Å². The lowest BCUT2D eigenvalue weighted by molar-refractivity contribution is 0.0900. The second-order valence-electron chi connectivity index (χ2n) is 8.78. The molecule has 2 aliphatic carbocycles. The Balaban J connectivity index is 1.23. The zero-order valence-electron chi connectivity index (χ0n) is 16.7. The van der Waals surface area contributed by atoms with Crippen LogP contribution in [0, 0.1) is 0 Å². The summed E-state index contributed by atoms with van der Waals surface area (Å²) in [5.41, 5.74) is 7.23. The molecule has 30 heavy (non-hydrogen) atoms. The fraction of sp³-hybridized carbons (Fsp3) is 0.269. The summed E-state index contributed by atoms with van der Waals surface area (Å²) in [6, 6.07) is 22.3. The van der Waals surface area contributed by atoms with Crippen LogP contribution in [0.25, 0.3) is 11.1 Å². The topological polar surface area (TPSA) is 49.8 Å². The molecule has 0 unspecified atom stereocenters. The molecular weight excluding hydrogens is 374 g/mol. The lowest BCUT2D eigenvalue weighted by Crippen LogP contribution is -2.42. The lowest BCUT2D eigenvalue weighted by Gasteiger charge is -2.34. The molecular formula is C26H23NO3. The van der Waals surface area contributed by atoms with Crippen LogP contribution in [0.1, 0.15) is 41.0 Å². The first-order chi connectivity index (χ1) is 14.6. The molecule has 1 heterocycles. The van der Waals surface area contributed by atoms with E-state index in [9.17, 15) is 9.90 Å². The molecule has 6 rings (SSSR count). The van der Waals surface area contributed by atoms with Gasteiger partial charge in [-0.2, -0.15) is 0 Å². The number of benzene rings is 3. The van der Waals surface area contributed by atoms with Gasteiger partial charge in [0.2, 0.25) is 0 Å². The van der Waals surface area contributed by atoms with E-state index >= 15 is 0 Å². The molecule has 0 radical (unpaired) electrons. The minimum atomic E-state index is -0.248. The highest BCUT2D eigenvalue weighted by molar-refractivity contribution is 5.79. The van der Waals surface area contributed by atoms with Crippen LogP contribution in [-0.4, -0.2) is 29.3 Å². The first-order valence-corrected chi connectivity index (χ1v) is 10.6. The molecule has 3 aromatic carbocycles. The van der Waals surface area contributed by atoms with E-state index in [0.29, 0.717) is 25.4 Å². The van der Waals surface area contributed by atoms with Crippen LogP contribution in [0.2, 0.25) is 0 Å². The van der Waals surface area contributed by atoms with Crippen molar-refractivity contribution in [2.45, 2.75) is 30.7 Å². The van der Waals surface area contributed by atoms with Gasteiger partial charge in [-0.15, -0.1) is 0 Å². The highest BCUT2D eigenvalue weighted by atomic mass is 16.6. The predicted molar refractivity (Wildman–Crippen MR) is 114 cm³/mol. The van der Waals surface area contributed by atoms with E-state index in [2.05, 4.69) is 36.4 Å². The molecule has 1 saturated carbocycles. The van der Waals surface area contributed by atoms with Crippen molar-refractivity contribution in [2.24, 2.45) is 0 Å². The van der Waals surface area contributed by atoms with Gasteiger partial charge in [-0.05, 0) is 58.4 Å². The fourth-order valence-electron chi connectivity index (χ4n) is 5.30. The summed E-state index contributed by atoms with van der Waals surface area (Å²) in [7, 11) is 0. The number of phenolic OH excluding ortho intramolecular Hbond substituents is 1. The summed E-state index contributed by atoms with van der Waals surface area (Å²) in [6.45, 7) is 1.55. The Bertz CT molecular complexity index is 1120. The van der Waals surface area contributed by atoms with Crippen LogP contribution in [0.4, 0.5) is 4.79 Å². The Morgan fingerprint density at radius 3 is 2.33 bits per heavy atom. The quantitative estimate of drug-likeness (QED) is 0.648. The summed E-state index contributed by atoms with van der Waals surface area (Å²) in [5.74, 6) is 0.375. The normalized spacial score (nSPS) is 17.9. The molecule has 0 bridgehead atoms. The molecule has 1 spiro atoms. The molecule has 3 aliphatic rings. The van der Waals surface area contributed by atoms with E-state index in [4.69, 9.17) is 4.74 Å². The smallest absolute Gasteiger partial charge is 0.410 e. The number of amides is 1. The second-order valence-corrected chi connectivity index (χ2v) is 8.78. The van der Waals surface area contributed by atoms with Crippen LogP contribution >= 0.6 is 0 Å². The van der Waals surface area contributed by atoms with Crippen molar-refractivity contribution in [1.29, 1.82) is 0 Å². The average Bonchev–Trinajstić information content (AvgIpc) is 3.47. The monoisotopic (exact) mass is 397 g/mol. The van der Waals surface area contributed by atoms with Gasteiger partial charge in [0.25, 0.3) is 0 Å². The molecule has 1 fully saturated rings. The molecule has 4 heteroatoms. The number of phenols is 1. The molecule has 150 valence electrons. The first kappa shape index (κ1) is 17.6. The number of carbonyl (C=O) groups is 1. The first-order valence-electron chi connectivity index (χ1n) is 10.6. The number of carbonyl (C=O) groups excluding carboxylic acids is 1. The Kier molecular flexibility index (Phi) is 3.73. The van der Waals surface area contributed by atoms with Crippen molar-refractivity contribution >= 4 is 6.09 Å². The van der Waals surface area contributed by atoms with Crippen LogP contribution in [0.3, 0.4) is 0 Å². The van der Waals surface area contributed by atoms with Gasteiger partial charge in [-0.3, -0.25) is 0 Å². The van der Waals surface area contributed by atoms with Crippen LogP contribution in [-0.2, 0) is 16.7 Å². The van der Waals surface area contributed by atoms with Gasteiger partial charge in [0.05, 0.1) is 0 Å². The molecule has 1 N–H and O–H groups in total. The maximum absolute atomic E-state index is 13.0. The molecule has 3 aromatic rings. The van der Waals surface area contributed by atoms with E-state index in [-0.39, 0.29) is 17.4 Å². The summed E-state index contributed by atoms with van der Waals surface area (Å²) in [5, 5.41) is 9.88. The van der Waals surface area contributed by atoms with E-state index in [1.54, 1.807) is 6.07 Å². The van der Waals surface area contributed by atoms with Crippen LogP contribution in [0.5, 0.6) is 5.75 Å². The number of nitrogens with zero attached hydrogens (tertiary/aromatic N) is 1. The van der Waals surface area contributed by atoms with E-state index < -0.39 is 0 Å².